The zero-order valence-electron chi connectivity index (χ0n) is 48.5. The van der Waals surface area contributed by atoms with Gasteiger partial charge in [0.05, 0.1) is 0 Å². The number of para-hydroxylation sites is 2. The molecule has 0 spiro atoms. The first kappa shape index (κ1) is 48.7. The van der Waals surface area contributed by atoms with E-state index in [1.807, 2.05) is 0 Å². The maximum atomic E-state index is 7.10. The summed E-state index contributed by atoms with van der Waals surface area (Å²) in [5.41, 5.74) is 33.7. The molecule has 0 saturated heterocycles. The lowest BCUT2D eigenvalue weighted by Gasteiger charge is -2.31. The van der Waals surface area contributed by atoms with Gasteiger partial charge in [-0.1, -0.05) is 250 Å². The quantitative estimate of drug-likeness (QED) is 0.159. The Kier molecular flexibility index (Phi) is 9.87. The number of fused-ring (bicyclic) bond motifs is 22. The molecule has 0 saturated carbocycles. The highest BCUT2D eigenvalue weighted by Crippen LogP contribution is 2.64. The summed E-state index contributed by atoms with van der Waals surface area (Å²) in [5, 5.41) is 4.81. The van der Waals surface area contributed by atoms with Crippen LogP contribution in [0.4, 0.5) is 0 Å². The first-order chi connectivity index (χ1) is 40.2. The Hall–Kier alpha value is -8.98. The fourth-order valence-electron chi connectivity index (χ4n) is 16.6. The Morgan fingerprint density at radius 3 is 1.46 bits per heavy atom. The van der Waals surface area contributed by atoms with Gasteiger partial charge in [0.25, 0.3) is 0 Å². The predicted molar refractivity (Wildman–Crippen MR) is 345 cm³/mol. The predicted octanol–water partition coefficient (Wildman–Crippen LogP) is 21.6. The molecule has 0 radical (unpaired) electrons. The molecule has 2 nitrogen and oxygen atoms in total. The molecule has 1 unspecified atom stereocenters. The van der Waals surface area contributed by atoms with Crippen molar-refractivity contribution in [2.45, 2.75) is 95.8 Å². The molecule has 4 aliphatic rings. The maximum absolute atomic E-state index is 7.10. The van der Waals surface area contributed by atoms with Gasteiger partial charge >= 0.3 is 0 Å². The Balaban J connectivity index is 0.811. The van der Waals surface area contributed by atoms with Gasteiger partial charge in [-0.25, -0.2) is 0 Å². The van der Waals surface area contributed by atoms with Crippen molar-refractivity contribution in [1.82, 2.24) is 0 Å². The van der Waals surface area contributed by atoms with E-state index in [2.05, 4.69) is 268 Å². The van der Waals surface area contributed by atoms with Gasteiger partial charge in [-0.15, -0.1) is 0 Å². The molecule has 2 aromatic heterocycles. The summed E-state index contributed by atoms with van der Waals surface area (Å²) in [4.78, 5) is 0. The van der Waals surface area contributed by atoms with Crippen LogP contribution in [0.3, 0.4) is 0 Å². The van der Waals surface area contributed by atoms with Crippen LogP contribution >= 0.6 is 0 Å². The topological polar surface area (TPSA) is 26.3 Å². The molecule has 13 aromatic rings. The number of hydrogen-bond acceptors (Lipinski definition) is 2. The van der Waals surface area contributed by atoms with Gasteiger partial charge in [0.15, 0.2) is 0 Å². The maximum Gasteiger partial charge on any atom is 0.144 e. The number of hydrogen-bond donors (Lipinski definition) is 0. The fourth-order valence-corrected chi connectivity index (χ4v) is 16.6. The summed E-state index contributed by atoms with van der Waals surface area (Å²) in [7, 11) is 0. The van der Waals surface area contributed by atoms with Crippen molar-refractivity contribution in [3.63, 3.8) is 0 Å². The Morgan fingerprint density at radius 1 is 0.313 bits per heavy atom. The van der Waals surface area contributed by atoms with Crippen molar-refractivity contribution in [1.29, 1.82) is 0 Å². The smallest absolute Gasteiger partial charge is 0.144 e. The first-order valence-corrected chi connectivity index (χ1v) is 30.0. The lowest BCUT2D eigenvalue weighted by atomic mass is 9.72. The van der Waals surface area contributed by atoms with E-state index in [-0.39, 0.29) is 27.6 Å². The molecular weight excluding hydrogens is 1000 g/mol. The van der Waals surface area contributed by atoms with Crippen LogP contribution in [0, 0.1) is 0 Å². The minimum Gasteiger partial charge on any atom is -0.455 e. The van der Waals surface area contributed by atoms with Gasteiger partial charge in [0, 0.05) is 54.3 Å². The van der Waals surface area contributed by atoms with Crippen LogP contribution < -0.4 is 0 Å². The molecule has 0 N–H and O–H groups in total. The second-order valence-corrected chi connectivity index (χ2v) is 26.6. The molecule has 0 fully saturated rings. The molecule has 0 bridgehead atoms. The third kappa shape index (κ3) is 6.56. The monoisotopic (exact) mass is 1070 g/mol. The lowest BCUT2D eigenvalue weighted by molar-refractivity contribution is 0.599. The Bertz CT molecular complexity index is 4950. The van der Waals surface area contributed by atoms with E-state index in [1.54, 1.807) is 0 Å². The van der Waals surface area contributed by atoms with Gasteiger partial charge in [-0.3, -0.25) is 0 Å². The van der Waals surface area contributed by atoms with Crippen LogP contribution in [0.5, 0.6) is 0 Å². The van der Waals surface area contributed by atoms with Crippen molar-refractivity contribution in [3.8, 4) is 66.8 Å². The summed E-state index contributed by atoms with van der Waals surface area (Å²) in [6, 6.07) is 79.9. The highest BCUT2D eigenvalue weighted by Gasteiger charge is 2.49. The van der Waals surface area contributed by atoms with Crippen LogP contribution in [0.1, 0.15) is 123 Å². The molecule has 4 aliphatic carbocycles. The normalized spacial score (nSPS) is 16.1. The molecule has 0 amide bonds. The van der Waals surface area contributed by atoms with Crippen molar-refractivity contribution in [2.24, 2.45) is 0 Å². The summed E-state index contributed by atoms with van der Waals surface area (Å²) < 4.78 is 14.0. The van der Waals surface area contributed by atoms with Crippen LogP contribution in [0.2, 0.25) is 0 Å². The molecule has 11 aromatic carbocycles. The highest BCUT2D eigenvalue weighted by molar-refractivity contribution is 6.21. The van der Waals surface area contributed by atoms with E-state index in [0.717, 1.165) is 51.7 Å². The fraction of sp³-hybridized carbons (Fsp3) is 0.185. The van der Waals surface area contributed by atoms with E-state index < -0.39 is 0 Å². The molecule has 400 valence electrons. The minimum absolute atomic E-state index is 0.111. The van der Waals surface area contributed by atoms with Crippen LogP contribution in [0.15, 0.2) is 221 Å². The van der Waals surface area contributed by atoms with Crippen molar-refractivity contribution in [3.05, 3.63) is 274 Å². The molecule has 17 rings (SSSR count). The van der Waals surface area contributed by atoms with Gasteiger partial charge in [0.2, 0.25) is 0 Å². The molecule has 2 heterocycles. The number of rotatable bonds is 7. The number of benzene rings is 11. The van der Waals surface area contributed by atoms with Gasteiger partial charge in [-0.2, -0.15) is 0 Å². The Morgan fingerprint density at radius 2 is 0.783 bits per heavy atom. The highest BCUT2D eigenvalue weighted by atomic mass is 16.3. The average molecular weight is 1070 g/mol. The van der Waals surface area contributed by atoms with Crippen LogP contribution in [0.25, 0.3) is 111 Å². The van der Waals surface area contributed by atoms with E-state index in [9.17, 15) is 0 Å². The summed E-state index contributed by atoms with van der Waals surface area (Å²) >= 11 is 0. The van der Waals surface area contributed by atoms with E-state index in [0.29, 0.717) is 0 Å². The summed E-state index contributed by atoms with van der Waals surface area (Å²) in [6.07, 6.45) is 1.78. The molecular formula is C81H64O2. The SMILES string of the molecule is CC1(C)c2ccccc2-c2c(C(Cc3ccc4c(c3)C(C)(C)c3cc(-c5ccc(-c6ccccc6)cc5)c5oc6ccccc6c5c3-4)Cc3ccc4c(c3)C(C)(C)c3c5c(c6c(oc7ccccc76)c3-4)-c3ccccc3C5(C)C)cccc21. The van der Waals surface area contributed by atoms with Crippen LogP contribution in [-0.4, -0.2) is 0 Å². The van der Waals surface area contributed by atoms with Gasteiger partial charge in [0.1, 0.15) is 22.3 Å². The zero-order valence-corrected chi connectivity index (χ0v) is 48.5. The van der Waals surface area contributed by atoms with Crippen LogP contribution in [-0.2, 0) is 34.5 Å². The van der Waals surface area contributed by atoms with Crippen molar-refractivity contribution >= 4 is 43.9 Å². The zero-order chi connectivity index (χ0) is 56.1. The standard InChI is InChI=1S/C81H64O2/c1-78(2)60-28-16-12-23-53(60)68-52(27-20-30-62(68)78)51(42-47-34-40-56-64(44-47)81(7,8)75-73(56)77-72(58-26-15-19-32-67(58)83-77)70-54-24-13-17-29-61(54)80(5,6)74(70)75)41-46-33-39-55-63(43-46)79(3,4)65-45-59(50-37-35-49(36-38-50)48-21-10-9-11-22-48)76-71(69(55)65)57-25-14-18-31-66(57)82-76/h9-40,43-45,51H,41-42H2,1-8H3. The molecule has 1 atom stereocenters. The second-order valence-electron chi connectivity index (χ2n) is 26.6. The van der Waals surface area contributed by atoms with E-state index in [1.165, 1.54) is 133 Å². The summed E-state index contributed by atoms with van der Waals surface area (Å²) in [5.74, 6) is 0.177. The largest absolute Gasteiger partial charge is 0.455 e. The third-order valence-electron chi connectivity index (χ3n) is 20.7. The summed E-state index contributed by atoms with van der Waals surface area (Å²) in [6.45, 7) is 19.6. The second kappa shape index (κ2) is 16.8. The van der Waals surface area contributed by atoms with Gasteiger partial charge in [-0.05, 0) is 154 Å². The van der Waals surface area contributed by atoms with Crippen molar-refractivity contribution in [2.75, 3.05) is 0 Å². The minimum atomic E-state index is -0.290. The van der Waals surface area contributed by atoms with Crippen molar-refractivity contribution < 1.29 is 8.83 Å². The van der Waals surface area contributed by atoms with E-state index in [4.69, 9.17) is 8.83 Å². The Labute approximate surface area is 486 Å². The third-order valence-corrected chi connectivity index (χ3v) is 20.7. The van der Waals surface area contributed by atoms with E-state index >= 15 is 0 Å². The van der Waals surface area contributed by atoms with Gasteiger partial charge < -0.3 is 8.83 Å². The molecule has 0 aliphatic heterocycles. The number of furan rings is 2. The lowest BCUT2D eigenvalue weighted by Crippen LogP contribution is -2.24. The average Bonchev–Trinajstić information content (AvgIpc) is 1.87. The first-order valence-electron chi connectivity index (χ1n) is 30.0. The molecule has 2 heteroatoms. The molecule has 83 heavy (non-hydrogen) atoms.